The Hall–Kier alpha value is -3.29. The molecule has 31 heavy (non-hydrogen) atoms. The number of rotatable bonds is 4. The van der Waals surface area contributed by atoms with E-state index in [1.54, 1.807) is 12.1 Å². The molecule has 3 aromatic rings. The van der Waals surface area contributed by atoms with Gasteiger partial charge in [0.15, 0.2) is 5.76 Å². The Morgan fingerprint density at radius 1 is 1.23 bits per heavy atom. The molecule has 3 N–H and O–H groups in total. The topological polar surface area (TPSA) is 96.6 Å². The Balaban J connectivity index is 1.55. The van der Waals surface area contributed by atoms with Crippen LogP contribution in [0.4, 0.5) is 5.69 Å². The monoisotopic (exact) mass is 437 g/mol. The lowest BCUT2D eigenvalue weighted by Gasteiger charge is -2.12. The Morgan fingerprint density at radius 3 is 2.71 bits per heavy atom. The summed E-state index contributed by atoms with van der Waals surface area (Å²) in [5, 5.41) is 21.0. The number of nitrogens with one attached hydrogen (secondary N) is 2. The van der Waals surface area contributed by atoms with Crippen molar-refractivity contribution in [1.82, 2.24) is 10.5 Å². The number of fused-ring (bicyclic) bond motifs is 1. The van der Waals surface area contributed by atoms with Crippen LogP contribution >= 0.6 is 11.6 Å². The van der Waals surface area contributed by atoms with Crippen molar-refractivity contribution in [3.8, 4) is 17.0 Å². The van der Waals surface area contributed by atoms with Gasteiger partial charge in [0.2, 0.25) is 5.76 Å². The number of hydrogen-bond donors (Lipinski definition) is 3. The van der Waals surface area contributed by atoms with Crippen molar-refractivity contribution in [2.75, 3.05) is 25.5 Å². The molecule has 0 aliphatic carbocycles. The third-order valence-corrected chi connectivity index (χ3v) is 6.09. The number of aromatic nitrogens is 1. The number of benzene rings is 2. The summed E-state index contributed by atoms with van der Waals surface area (Å²) in [5.41, 5.74) is 4.16. The molecule has 2 aliphatic rings. The van der Waals surface area contributed by atoms with Gasteiger partial charge in [0, 0.05) is 17.7 Å². The first-order chi connectivity index (χ1) is 15.0. The van der Waals surface area contributed by atoms with E-state index in [4.69, 9.17) is 20.9 Å². The van der Waals surface area contributed by atoms with Crippen molar-refractivity contribution in [1.29, 1.82) is 0 Å². The molecule has 2 aliphatic heterocycles. The maximum atomic E-state index is 12.6. The second-order valence-electron chi connectivity index (χ2n) is 7.60. The van der Waals surface area contributed by atoms with Gasteiger partial charge >= 0.3 is 0 Å². The van der Waals surface area contributed by atoms with Crippen molar-refractivity contribution < 1.29 is 19.2 Å². The minimum atomic E-state index is -0.444. The zero-order chi connectivity index (χ0) is 21.5. The van der Waals surface area contributed by atoms with Crippen molar-refractivity contribution in [3.63, 3.8) is 0 Å². The molecule has 1 saturated heterocycles. The number of anilines is 1. The van der Waals surface area contributed by atoms with Crippen molar-refractivity contribution in [2.45, 2.75) is 12.3 Å². The second-order valence-corrected chi connectivity index (χ2v) is 8.01. The summed E-state index contributed by atoms with van der Waals surface area (Å²) < 4.78 is 10.1. The molecule has 8 heteroatoms. The summed E-state index contributed by atoms with van der Waals surface area (Å²) in [6.45, 7) is 2.03. The molecule has 1 atom stereocenters. The minimum Gasteiger partial charge on any atom is -0.504 e. The lowest BCUT2D eigenvalue weighted by Crippen LogP contribution is -2.07. The van der Waals surface area contributed by atoms with Crippen molar-refractivity contribution in [2.24, 2.45) is 0 Å². The summed E-state index contributed by atoms with van der Waals surface area (Å²) in [5.74, 6) is 0.0114. The highest BCUT2D eigenvalue weighted by atomic mass is 35.5. The molecule has 1 amide bonds. The fraction of sp³-hybridized carbons (Fsp3) is 0.217. The highest BCUT2D eigenvalue weighted by Gasteiger charge is 2.31. The maximum Gasteiger partial charge on any atom is 0.260 e. The molecule has 0 spiro atoms. The molecule has 1 unspecified atom stereocenters. The van der Waals surface area contributed by atoms with E-state index in [2.05, 4.69) is 27.9 Å². The second kappa shape index (κ2) is 7.76. The predicted molar refractivity (Wildman–Crippen MR) is 118 cm³/mol. The van der Waals surface area contributed by atoms with Crippen LogP contribution in [0.5, 0.6) is 5.88 Å². The fourth-order valence-electron chi connectivity index (χ4n) is 4.11. The van der Waals surface area contributed by atoms with Crippen LogP contribution in [0.1, 0.15) is 29.2 Å². The zero-order valence-electron chi connectivity index (χ0n) is 16.7. The van der Waals surface area contributed by atoms with Gasteiger partial charge in [0.25, 0.3) is 11.8 Å². The van der Waals surface area contributed by atoms with Gasteiger partial charge in [-0.05, 0) is 47.3 Å². The SMILES string of the molecule is COc1cc(/C(O)=C2\C(=O)Nc3cc(Cl)c(-c4ccc(C5CCNC5)cc4)cc32)on1. The molecule has 1 aromatic heterocycles. The van der Waals surface area contributed by atoms with E-state index in [9.17, 15) is 9.90 Å². The fourth-order valence-corrected chi connectivity index (χ4v) is 4.38. The normalized spacial score (nSPS) is 19.3. The van der Waals surface area contributed by atoms with Gasteiger partial charge in [-0.3, -0.25) is 4.79 Å². The van der Waals surface area contributed by atoms with Gasteiger partial charge in [-0.15, -0.1) is 0 Å². The third kappa shape index (κ3) is 3.45. The predicted octanol–water partition coefficient (Wildman–Crippen LogP) is 4.46. The summed E-state index contributed by atoms with van der Waals surface area (Å²) in [7, 11) is 1.44. The van der Waals surface area contributed by atoms with Crippen LogP contribution in [0.2, 0.25) is 5.02 Å². The van der Waals surface area contributed by atoms with Gasteiger partial charge < -0.3 is 25.0 Å². The van der Waals surface area contributed by atoms with Crippen molar-refractivity contribution >= 4 is 34.5 Å². The number of carbonyl (C=O) groups excluding carboxylic acids is 1. The molecule has 7 nitrogen and oxygen atoms in total. The third-order valence-electron chi connectivity index (χ3n) is 5.77. The average molecular weight is 438 g/mol. The summed E-state index contributed by atoms with van der Waals surface area (Å²) in [6, 6.07) is 13.2. The van der Waals surface area contributed by atoms with E-state index in [0.29, 0.717) is 22.2 Å². The number of aliphatic hydroxyl groups is 1. The largest absolute Gasteiger partial charge is 0.504 e. The van der Waals surface area contributed by atoms with E-state index in [0.717, 1.165) is 30.6 Å². The first kappa shape index (κ1) is 19.7. The maximum absolute atomic E-state index is 12.6. The number of carbonyl (C=O) groups is 1. The van der Waals surface area contributed by atoms with Crippen LogP contribution in [0, 0.1) is 0 Å². The molecule has 3 heterocycles. The smallest absolute Gasteiger partial charge is 0.260 e. The van der Waals surface area contributed by atoms with E-state index in [-0.39, 0.29) is 23.0 Å². The van der Waals surface area contributed by atoms with E-state index in [1.165, 1.54) is 18.7 Å². The van der Waals surface area contributed by atoms with E-state index >= 15 is 0 Å². The molecule has 0 saturated carbocycles. The van der Waals surface area contributed by atoms with Crippen LogP contribution in [-0.4, -0.2) is 36.4 Å². The van der Waals surface area contributed by atoms with Crippen LogP contribution < -0.4 is 15.4 Å². The molecule has 158 valence electrons. The van der Waals surface area contributed by atoms with Crippen LogP contribution in [0.3, 0.4) is 0 Å². The van der Waals surface area contributed by atoms with E-state index < -0.39 is 5.91 Å². The first-order valence-corrected chi connectivity index (χ1v) is 10.3. The van der Waals surface area contributed by atoms with Gasteiger partial charge in [0.05, 0.1) is 29.5 Å². The van der Waals surface area contributed by atoms with Gasteiger partial charge in [-0.25, -0.2) is 0 Å². The van der Waals surface area contributed by atoms with E-state index in [1.807, 2.05) is 12.1 Å². The lowest BCUT2D eigenvalue weighted by atomic mass is 9.94. The van der Waals surface area contributed by atoms with Gasteiger partial charge in [-0.1, -0.05) is 35.9 Å². The van der Waals surface area contributed by atoms with Crippen molar-refractivity contribution in [3.05, 3.63) is 64.4 Å². The Labute approximate surface area is 183 Å². The summed E-state index contributed by atoms with van der Waals surface area (Å²) in [4.78, 5) is 12.6. The Kier molecular flexibility index (Phi) is 4.92. The van der Waals surface area contributed by atoms with Crippen LogP contribution in [0.25, 0.3) is 22.5 Å². The molecular weight excluding hydrogens is 418 g/mol. The molecule has 0 bridgehead atoms. The molecule has 5 rings (SSSR count). The number of methoxy groups -OCH3 is 1. The van der Waals surface area contributed by atoms with Gasteiger partial charge in [-0.2, -0.15) is 0 Å². The number of hydrogen-bond acceptors (Lipinski definition) is 6. The number of aliphatic hydroxyl groups excluding tert-OH is 1. The molecule has 1 fully saturated rings. The van der Waals surface area contributed by atoms with Gasteiger partial charge in [0.1, 0.15) is 0 Å². The number of halogens is 1. The highest BCUT2D eigenvalue weighted by Crippen LogP contribution is 2.42. The zero-order valence-corrected chi connectivity index (χ0v) is 17.5. The minimum absolute atomic E-state index is 0.0425. The first-order valence-electron chi connectivity index (χ1n) is 9.96. The van der Waals surface area contributed by atoms with Crippen LogP contribution in [0.15, 0.2) is 47.0 Å². The quantitative estimate of drug-likeness (QED) is 0.412. The molecular formula is C23H20ClN3O4. The molecule has 0 radical (unpaired) electrons. The number of nitrogens with zero attached hydrogens (tertiary/aromatic N) is 1. The number of ether oxygens (including phenoxy) is 1. The van der Waals surface area contributed by atoms with Crippen LogP contribution in [-0.2, 0) is 4.79 Å². The lowest BCUT2D eigenvalue weighted by molar-refractivity contribution is -0.110. The summed E-state index contributed by atoms with van der Waals surface area (Å²) >= 11 is 6.54. The Bertz CT molecular complexity index is 1190. The number of amides is 1. The molecule has 2 aromatic carbocycles. The summed E-state index contributed by atoms with van der Waals surface area (Å²) in [6.07, 6.45) is 1.13. The highest BCUT2D eigenvalue weighted by molar-refractivity contribution is 6.38. The average Bonchev–Trinajstić information content (AvgIpc) is 3.52. The Morgan fingerprint density at radius 2 is 2.03 bits per heavy atom. The standard InChI is InChI=1S/C23H20ClN3O4/c1-30-20-10-19(31-27-20)22(28)21-16-8-15(17(24)9-18(16)26-23(21)29)13-4-2-12(3-5-13)14-6-7-25-11-14/h2-5,8-10,14,25,28H,6-7,11H2,1H3,(H,26,29)/b22-21+.